The molecule has 0 spiro atoms. The van der Waals surface area contributed by atoms with Gasteiger partial charge in [-0.1, -0.05) is 18.2 Å². The standard InChI is InChI=1S/C21H29F3N2O3/c22-21(23,24)18-5-3-4-17(16-18)20(6-12-28-13-7-20)19(27)25-8-1-2-9-26-10-14-29-15-11-26/h3-5,16H,1-2,6-15H2,(H,25,27). The second kappa shape index (κ2) is 9.91. The van der Waals surface area contributed by atoms with Gasteiger partial charge in [0.15, 0.2) is 0 Å². The summed E-state index contributed by atoms with van der Waals surface area (Å²) < 4.78 is 50.2. The van der Waals surface area contributed by atoms with Crippen LogP contribution in [0.3, 0.4) is 0 Å². The molecule has 2 heterocycles. The summed E-state index contributed by atoms with van der Waals surface area (Å²) >= 11 is 0. The molecule has 0 radical (unpaired) electrons. The van der Waals surface area contributed by atoms with E-state index < -0.39 is 17.2 Å². The van der Waals surface area contributed by atoms with Crippen molar-refractivity contribution in [2.75, 3.05) is 52.6 Å². The maximum atomic E-state index is 13.2. The van der Waals surface area contributed by atoms with Crippen molar-refractivity contribution in [1.29, 1.82) is 0 Å². The van der Waals surface area contributed by atoms with E-state index in [0.29, 0.717) is 38.2 Å². The Bertz CT molecular complexity index is 669. The number of hydrogen-bond acceptors (Lipinski definition) is 4. The molecule has 162 valence electrons. The fourth-order valence-corrected chi connectivity index (χ4v) is 4.02. The van der Waals surface area contributed by atoms with Gasteiger partial charge in [0.25, 0.3) is 0 Å². The first-order valence-corrected chi connectivity index (χ1v) is 10.3. The van der Waals surface area contributed by atoms with Gasteiger partial charge in [-0.25, -0.2) is 0 Å². The number of nitrogens with one attached hydrogen (secondary N) is 1. The zero-order chi connectivity index (χ0) is 20.7. The van der Waals surface area contributed by atoms with Gasteiger partial charge in [0, 0.05) is 32.8 Å². The minimum absolute atomic E-state index is 0.202. The normalized spacial score (nSPS) is 20.4. The maximum absolute atomic E-state index is 13.2. The Morgan fingerprint density at radius 2 is 1.76 bits per heavy atom. The Morgan fingerprint density at radius 3 is 2.45 bits per heavy atom. The second-order valence-electron chi connectivity index (χ2n) is 7.69. The molecular weight excluding hydrogens is 385 g/mol. The van der Waals surface area contributed by atoms with Crippen molar-refractivity contribution in [2.24, 2.45) is 0 Å². The number of amides is 1. The third-order valence-corrected chi connectivity index (χ3v) is 5.81. The van der Waals surface area contributed by atoms with Crippen molar-refractivity contribution < 1.29 is 27.4 Å². The number of alkyl halides is 3. The van der Waals surface area contributed by atoms with Crippen molar-refractivity contribution in [2.45, 2.75) is 37.3 Å². The summed E-state index contributed by atoms with van der Waals surface area (Å²) in [6.07, 6.45) is -1.88. The molecule has 29 heavy (non-hydrogen) atoms. The van der Waals surface area contributed by atoms with Gasteiger partial charge in [-0.15, -0.1) is 0 Å². The summed E-state index contributed by atoms with van der Waals surface area (Å²) in [5.74, 6) is -0.202. The maximum Gasteiger partial charge on any atom is 0.416 e. The lowest BCUT2D eigenvalue weighted by atomic mass is 9.73. The number of halogens is 3. The van der Waals surface area contributed by atoms with Crippen LogP contribution >= 0.6 is 0 Å². The summed E-state index contributed by atoms with van der Waals surface area (Å²) in [6, 6.07) is 5.16. The summed E-state index contributed by atoms with van der Waals surface area (Å²) in [6.45, 7) is 5.60. The molecule has 0 unspecified atom stereocenters. The van der Waals surface area contributed by atoms with Crippen LogP contribution in [0.5, 0.6) is 0 Å². The zero-order valence-corrected chi connectivity index (χ0v) is 16.6. The van der Waals surface area contributed by atoms with Crippen molar-refractivity contribution in [3.05, 3.63) is 35.4 Å². The van der Waals surface area contributed by atoms with E-state index >= 15 is 0 Å². The molecule has 3 rings (SSSR count). The van der Waals surface area contributed by atoms with Crippen LogP contribution in [0.2, 0.25) is 0 Å². The predicted molar refractivity (Wildman–Crippen MR) is 103 cm³/mol. The Kier molecular flexibility index (Phi) is 7.54. The van der Waals surface area contributed by atoms with E-state index in [2.05, 4.69) is 10.2 Å². The lowest BCUT2D eigenvalue weighted by molar-refractivity contribution is -0.138. The molecule has 0 aliphatic carbocycles. The van der Waals surface area contributed by atoms with E-state index in [1.54, 1.807) is 6.07 Å². The first-order valence-electron chi connectivity index (χ1n) is 10.3. The van der Waals surface area contributed by atoms with Crippen molar-refractivity contribution in [3.8, 4) is 0 Å². The number of ether oxygens (including phenoxy) is 2. The van der Waals surface area contributed by atoms with Crippen molar-refractivity contribution in [1.82, 2.24) is 10.2 Å². The molecule has 1 aromatic rings. The second-order valence-corrected chi connectivity index (χ2v) is 7.69. The number of hydrogen-bond donors (Lipinski definition) is 1. The molecular formula is C21H29F3N2O3. The van der Waals surface area contributed by atoms with Crippen LogP contribution in [-0.2, 0) is 25.9 Å². The van der Waals surface area contributed by atoms with Crippen molar-refractivity contribution in [3.63, 3.8) is 0 Å². The number of unbranched alkanes of at least 4 members (excludes halogenated alkanes) is 1. The molecule has 1 N–H and O–H groups in total. The fourth-order valence-electron chi connectivity index (χ4n) is 4.02. The number of carbonyl (C=O) groups excluding carboxylic acids is 1. The van der Waals surface area contributed by atoms with Crippen LogP contribution < -0.4 is 5.32 Å². The largest absolute Gasteiger partial charge is 0.416 e. The van der Waals surface area contributed by atoms with Gasteiger partial charge in [0.1, 0.15) is 0 Å². The smallest absolute Gasteiger partial charge is 0.381 e. The molecule has 0 atom stereocenters. The van der Waals surface area contributed by atoms with Crippen LogP contribution in [0.1, 0.15) is 36.8 Å². The third-order valence-electron chi connectivity index (χ3n) is 5.81. The Morgan fingerprint density at radius 1 is 1.07 bits per heavy atom. The summed E-state index contributed by atoms with van der Waals surface area (Å²) in [7, 11) is 0. The molecule has 0 saturated carbocycles. The minimum atomic E-state index is -4.43. The molecule has 2 saturated heterocycles. The van der Waals surface area contributed by atoms with E-state index in [1.807, 2.05) is 0 Å². The summed E-state index contributed by atoms with van der Waals surface area (Å²) in [5, 5.41) is 2.97. The molecule has 2 fully saturated rings. The lowest BCUT2D eigenvalue weighted by Gasteiger charge is -2.36. The quantitative estimate of drug-likeness (QED) is 0.697. The number of rotatable bonds is 7. The van der Waals surface area contributed by atoms with E-state index in [0.717, 1.165) is 57.8 Å². The van der Waals surface area contributed by atoms with Gasteiger partial charge in [-0.2, -0.15) is 13.2 Å². The van der Waals surface area contributed by atoms with E-state index in [1.165, 1.54) is 6.07 Å². The molecule has 1 amide bonds. The molecule has 2 aliphatic rings. The highest BCUT2D eigenvalue weighted by atomic mass is 19.4. The van der Waals surface area contributed by atoms with Gasteiger partial charge < -0.3 is 14.8 Å². The van der Waals surface area contributed by atoms with Gasteiger partial charge >= 0.3 is 6.18 Å². The average Bonchev–Trinajstić information content (AvgIpc) is 2.74. The SMILES string of the molecule is O=C(NCCCCN1CCOCC1)C1(c2cccc(C(F)(F)F)c2)CCOCC1. The molecule has 2 aliphatic heterocycles. The van der Waals surface area contributed by atoms with Crippen LogP contribution in [0.15, 0.2) is 24.3 Å². The Hall–Kier alpha value is -1.64. The fraction of sp³-hybridized carbons (Fsp3) is 0.667. The molecule has 0 aromatic heterocycles. The summed E-state index contributed by atoms with van der Waals surface area (Å²) in [5.41, 5.74) is -1.27. The minimum Gasteiger partial charge on any atom is -0.381 e. The van der Waals surface area contributed by atoms with Crippen molar-refractivity contribution >= 4 is 5.91 Å². The van der Waals surface area contributed by atoms with Crippen LogP contribution in [-0.4, -0.2) is 63.4 Å². The highest BCUT2D eigenvalue weighted by Crippen LogP contribution is 2.38. The highest BCUT2D eigenvalue weighted by molar-refractivity contribution is 5.88. The molecule has 5 nitrogen and oxygen atoms in total. The van der Waals surface area contributed by atoms with Crippen LogP contribution in [0, 0.1) is 0 Å². The third kappa shape index (κ3) is 5.71. The number of morpholine rings is 1. The topological polar surface area (TPSA) is 50.8 Å². The zero-order valence-electron chi connectivity index (χ0n) is 16.6. The van der Waals surface area contributed by atoms with Crippen LogP contribution in [0.4, 0.5) is 13.2 Å². The van der Waals surface area contributed by atoms with Gasteiger partial charge in [0.2, 0.25) is 5.91 Å². The first kappa shape index (κ1) is 22.1. The molecule has 8 heteroatoms. The number of carbonyl (C=O) groups is 1. The number of nitrogens with zero attached hydrogens (tertiary/aromatic N) is 1. The van der Waals surface area contributed by atoms with Gasteiger partial charge in [-0.05, 0) is 43.9 Å². The predicted octanol–water partition coefficient (Wildman–Crippen LogP) is 2.98. The monoisotopic (exact) mass is 414 g/mol. The Labute approximate surface area is 169 Å². The number of benzene rings is 1. The summed E-state index contributed by atoms with van der Waals surface area (Å²) in [4.78, 5) is 15.4. The van der Waals surface area contributed by atoms with E-state index in [9.17, 15) is 18.0 Å². The van der Waals surface area contributed by atoms with E-state index in [4.69, 9.17) is 9.47 Å². The first-order chi connectivity index (χ1) is 13.9. The Balaban J connectivity index is 1.60. The van der Waals surface area contributed by atoms with E-state index in [-0.39, 0.29) is 5.91 Å². The molecule has 0 bridgehead atoms. The van der Waals surface area contributed by atoms with Gasteiger partial charge in [0.05, 0.1) is 24.2 Å². The van der Waals surface area contributed by atoms with Crippen LogP contribution in [0.25, 0.3) is 0 Å². The molecule has 1 aromatic carbocycles. The average molecular weight is 414 g/mol. The van der Waals surface area contributed by atoms with Gasteiger partial charge in [-0.3, -0.25) is 9.69 Å². The lowest BCUT2D eigenvalue weighted by Crippen LogP contribution is -2.48. The highest BCUT2D eigenvalue weighted by Gasteiger charge is 2.42.